The summed E-state index contributed by atoms with van der Waals surface area (Å²) in [6.45, 7) is 5.87. The van der Waals surface area contributed by atoms with Gasteiger partial charge in [0, 0.05) is 29.4 Å². The first-order chi connectivity index (χ1) is 10.2. The van der Waals surface area contributed by atoms with Crippen LogP contribution in [0.1, 0.15) is 20.8 Å². The summed E-state index contributed by atoms with van der Waals surface area (Å²) < 4.78 is 1.54. The first-order valence-corrected chi connectivity index (χ1v) is 6.83. The van der Waals surface area contributed by atoms with Crippen LogP contribution in [0.5, 0.6) is 0 Å². The molecule has 0 fully saturated rings. The van der Waals surface area contributed by atoms with Gasteiger partial charge < -0.3 is 5.32 Å². The van der Waals surface area contributed by atoms with Gasteiger partial charge in [0.25, 0.3) is 5.69 Å². The Balaban J connectivity index is 2.08. The summed E-state index contributed by atoms with van der Waals surface area (Å²) >= 11 is 0. The van der Waals surface area contributed by atoms with Gasteiger partial charge in [-0.15, -0.1) is 0 Å². The molecule has 1 aromatic heterocycles. The monoisotopic (exact) mass is 302 g/mol. The topological polar surface area (TPSA) is 90.1 Å². The van der Waals surface area contributed by atoms with Crippen molar-refractivity contribution in [2.75, 3.05) is 0 Å². The summed E-state index contributed by atoms with van der Waals surface area (Å²) in [5.74, 6) is -0.120. The van der Waals surface area contributed by atoms with Crippen LogP contribution in [0.2, 0.25) is 0 Å². The van der Waals surface area contributed by atoms with E-state index in [1.54, 1.807) is 24.5 Å². The predicted molar refractivity (Wildman–Crippen MR) is 82.2 cm³/mol. The van der Waals surface area contributed by atoms with Crippen LogP contribution in [0, 0.1) is 10.1 Å². The molecule has 0 aliphatic carbocycles. The number of nitro groups is 1. The van der Waals surface area contributed by atoms with Gasteiger partial charge in [-0.25, -0.2) is 0 Å². The number of nitro benzene ring substituents is 1. The van der Waals surface area contributed by atoms with E-state index in [2.05, 4.69) is 10.4 Å². The molecular formula is C15H18N4O3. The van der Waals surface area contributed by atoms with Crippen molar-refractivity contribution in [3.8, 4) is 11.1 Å². The zero-order valence-corrected chi connectivity index (χ0v) is 12.7. The lowest BCUT2D eigenvalue weighted by Crippen LogP contribution is -2.42. The third-order valence-electron chi connectivity index (χ3n) is 2.86. The number of rotatable bonds is 4. The number of aromatic nitrogens is 2. The second kappa shape index (κ2) is 5.97. The average molecular weight is 302 g/mol. The van der Waals surface area contributed by atoms with Crippen LogP contribution < -0.4 is 5.32 Å². The lowest BCUT2D eigenvalue weighted by atomic mass is 10.1. The highest BCUT2D eigenvalue weighted by atomic mass is 16.6. The molecule has 0 spiro atoms. The maximum absolute atomic E-state index is 11.8. The maximum Gasteiger partial charge on any atom is 0.269 e. The van der Waals surface area contributed by atoms with Crippen molar-refractivity contribution in [1.29, 1.82) is 0 Å². The largest absolute Gasteiger partial charge is 0.350 e. The van der Waals surface area contributed by atoms with Gasteiger partial charge in [0.2, 0.25) is 5.91 Å². The standard InChI is InChI=1S/C15H18N4O3/c1-15(2,3)17-14(20)10-18-9-12(8-16-18)11-4-6-13(7-5-11)19(21)22/h4-9H,10H2,1-3H3,(H,17,20). The van der Waals surface area contributed by atoms with E-state index < -0.39 is 4.92 Å². The van der Waals surface area contributed by atoms with Gasteiger partial charge in [-0.05, 0) is 38.5 Å². The van der Waals surface area contributed by atoms with Crippen LogP contribution in [-0.4, -0.2) is 26.1 Å². The average Bonchev–Trinajstić information content (AvgIpc) is 2.85. The number of carbonyl (C=O) groups excluding carboxylic acids is 1. The fourth-order valence-electron chi connectivity index (χ4n) is 1.98. The van der Waals surface area contributed by atoms with Crippen molar-refractivity contribution in [3.05, 3.63) is 46.8 Å². The Morgan fingerprint density at radius 1 is 1.27 bits per heavy atom. The first kappa shape index (κ1) is 15.7. The predicted octanol–water partition coefficient (Wildman–Crippen LogP) is 2.37. The van der Waals surface area contributed by atoms with Crippen LogP contribution in [0.4, 0.5) is 5.69 Å². The molecule has 0 unspecified atom stereocenters. The van der Waals surface area contributed by atoms with Crippen LogP contribution in [0.15, 0.2) is 36.7 Å². The molecule has 1 aromatic carbocycles. The SMILES string of the molecule is CC(C)(C)NC(=O)Cn1cc(-c2ccc([N+](=O)[O-])cc2)cn1. The Bertz CT molecular complexity index is 684. The molecular weight excluding hydrogens is 284 g/mol. The highest BCUT2D eigenvalue weighted by molar-refractivity contribution is 5.76. The number of nitrogens with zero attached hydrogens (tertiary/aromatic N) is 3. The fourth-order valence-corrected chi connectivity index (χ4v) is 1.98. The minimum Gasteiger partial charge on any atom is -0.350 e. The van der Waals surface area contributed by atoms with E-state index in [9.17, 15) is 14.9 Å². The summed E-state index contributed by atoms with van der Waals surface area (Å²) in [6.07, 6.45) is 3.37. The maximum atomic E-state index is 11.8. The highest BCUT2D eigenvalue weighted by Crippen LogP contribution is 2.21. The third-order valence-corrected chi connectivity index (χ3v) is 2.86. The van der Waals surface area contributed by atoms with Gasteiger partial charge in [0.05, 0.1) is 11.1 Å². The Hall–Kier alpha value is -2.70. The van der Waals surface area contributed by atoms with E-state index in [1.807, 2.05) is 20.8 Å². The summed E-state index contributed by atoms with van der Waals surface area (Å²) in [5, 5.41) is 17.6. The van der Waals surface area contributed by atoms with Crippen molar-refractivity contribution in [3.63, 3.8) is 0 Å². The van der Waals surface area contributed by atoms with Gasteiger partial charge in [0.15, 0.2) is 0 Å². The molecule has 2 rings (SSSR count). The molecule has 7 nitrogen and oxygen atoms in total. The second-order valence-electron chi connectivity index (χ2n) is 6.03. The normalized spacial score (nSPS) is 11.2. The number of hydrogen-bond acceptors (Lipinski definition) is 4. The molecule has 0 aliphatic rings. The van der Waals surface area contributed by atoms with Gasteiger partial charge >= 0.3 is 0 Å². The Kier molecular flexibility index (Phi) is 4.25. The van der Waals surface area contributed by atoms with E-state index in [0.717, 1.165) is 11.1 Å². The molecule has 0 atom stereocenters. The number of hydrogen-bond donors (Lipinski definition) is 1. The number of carbonyl (C=O) groups is 1. The molecule has 0 saturated heterocycles. The third kappa shape index (κ3) is 4.15. The van der Waals surface area contributed by atoms with Crippen molar-refractivity contribution in [1.82, 2.24) is 15.1 Å². The van der Waals surface area contributed by atoms with Crippen LogP contribution in [0.25, 0.3) is 11.1 Å². The second-order valence-corrected chi connectivity index (χ2v) is 6.03. The number of amides is 1. The van der Waals surface area contributed by atoms with E-state index in [0.29, 0.717) is 0 Å². The van der Waals surface area contributed by atoms with Crippen LogP contribution in [-0.2, 0) is 11.3 Å². The molecule has 116 valence electrons. The fraction of sp³-hybridized carbons (Fsp3) is 0.333. The van der Waals surface area contributed by atoms with Crippen molar-refractivity contribution in [2.24, 2.45) is 0 Å². The summed E-state index contributed by atoms with van der Waals surface area (Å²) in [4.78, 5) is 22.0. The van der Waals surface area contributed by atoms with Crippen molar-refractivity contribution < 1.29 is 9.72 Å². The van der Waals surface area contributed by atoms with Gasteiger partial charge in [-0.2, -0.15) is 5.10 Å². The van der Waals surface area contributed by atoms with E-state index in [-0.39, 0.29) is 23.7 Å². The molecule has 1 amide bonds. The quantitative estimate of drug-likeness (QED) is 0.693. The van der Waals surface area contributed by atoms with Gasteiger partial charge in [-0.1, -0.05) is 0 Å². The zero-order chi connectivity index (χ0) is 16.3. The first-order valence-electron chi connectivity index (χ1n) is 6.83. The molecule has 0 radical (unpaired) electrons. The number of benzene rings is 1. The van der Waals surface area contributed by atoms with Gasteiger partial charge in [-0.3, -0.25) is 19.6 Å². The highest BCUT2D eigenvalue weighted by Gasteiger charge is 2.14. The lowest BCUT2D eigenvalue weighted by Gasteiger charge is -2.20. The van der Waals surface area contributed by atoms with Crippen molar-refractivity contribution >= 4 is 11.6 Å². The molecule has 1 heterocycles. The van der Waals surface area contributed by atoms with E-state index in [4.69, 9.17) is 0 Å². The minimum absolute atomic E-state index is 0.0423. The summed E-state index contributed by atoms with van der Waals surface area (Å²) in [5.41, 5.74) is 1.37. The molecule has 0 aliphatic heterocycles. The molecule has 2 aromatic rings. The van der Waals surface area contributed by atoms with Crippen LogP contribution >= 0.6 is 0 Å². The summed E-state index contributed by atoms with van der Waals surface area (Å²) in [6, 6.07) is 6.21. The van der Waals surface area contributed by atoms with Crippen LogP contribution in [0.3, 0.4) is 0 Å². The Morgan fingerprint density at radius 3 is 2.45 bits per heavy atom. The molecule has 7 heteroatoms. The Labute approximate surface area is 128 Å². The number of non-ortho nitro benzene ring substituents is 1. The molecule has 0 bridgehead atoms. The minimum atomic E-state index is -0.440. The van der Waals surface area contributed by atoms with E-state index >= 15 is 0 Å². The molecule has 1 N–H and O–H groups in total. The van der Waals surface area contributed by atoms with Crippen molar-refractivity contribution in [2.45, 2.75) is 32.9 Å². The number of nitrogens with one attached hydrogen (secondary N) is 1. The summed E-state index contributed by atoms with van der Waals surface area (Å²) in [7, 11) is 0. The van der Waals surface area contributed by atoms with Gasteiger partial charge in [0.1, 0.15) is 6.54 Å². The smallest absolute Gasteiger partial charge is 0.269 e. The Morgan fingerprint density at radius 2 is 1.91 bits per heavy atom. The molecule has 22 heavy (non-hydrogen) atoms. The van der Waals surface area contributed by atoms with E-state index in [1.165, 1.54) is 16.8 Å². The zero-order valence-electron chi connectivity index (χ0n) is 12.7. The molecule has 0 saturated carbocycles. The lowest BCUT2D eigenvalue weighted by molar-refractivity contribution is -0.384.